The van der Waals surface area contributed by atoms with Crippen LogP contribution in [0.1, 0.15) is 24.1 Å². The third-order valence-electron chi connectivity index (χ3n) is 3.14. The molecule has 0 fully saturated rings. The van der Waals surface area contributed by atoms with Crippen LogP contribution >= 0.6 is 0 Å². The van der Waals surface area contributed by atoms with E-state index in [0.717, 1.165) is 18.0 Å². The monoisotopic (exact) mass is 323 g/mol. The number of rotatable bonds is 7. The van der Waals surface area contributed by atoms with E-state index in [2.05, 4.69) is 4.98 Å². The predicted molar refractivity (Wildman–Crippen MR) is 79.1 cm³/mol. The molecule has 0 saturated heterocycles. The van der Waals surface area contributed by atoms with Crippen LogP contribution in [-0.2, 0) is 17.4 Å². The summed E-state index contributed by atoms with van der Waals surface area (Å²) in [6, 6.07) is 11.4. The first kappa shape index (κ1) is 17.0. The molecule has 122 valence electrons. The first-order chi connectivity index (χ1) is 10.9. The number of carbonyl (C=O) groups is 1. The zero-order valence-corrected chi connectivity index (χ0v) is 12.3. The average molecular weight is 323 g/mol. The van der Waals surface area contributed by atoms with E-state index in [1.54, 1.807) is 0 Å². The van der Waals surface area contributed by atoms with E-state index in [4.69, 9.17) is 4.74 Å². The number of benzene rings is 1. The maximum atomic E-state index is 12.4. The van der Waals surface area contributed by atoms with Gasteiger partial charge >= 0.3 is 6.18 Å². The van der Waals surface area contributed by atoms with Crippen LogP contribution in [0.4, 0.5) is 13.2 Å². The van der Waals surface area contributed by atoms with Gasteiger partial charge in [0, 0.05) is 24.7 Å². The van der Waals surface area contributed by atoms with E-state index >= 15 is 0 Å². The van der Waals surface area contributed by atoms with Crippen molar-refractivity contribution in [1.82, 2.24) is 4.98 Å². The quantitative estimate of drug-likeness (QED) is 0.721. The fourth-order valence-electron chi connectivity index (χ4n) is 1.96. The Kier molecular flexibility index (Phi) is 5.73. The molecular formula is C17H16F3NO2. The second-order valence-electron chi connectivity index (χ2n) is 5.02. The molecule has 0 saturated carbocycles. The molecule has 3 nitrogen and oxygen atoms in total. The van der Waals surface area contributed by atoms with E-state index in [1.165, 1.54) is 6.07 Å². The van der Waals surface area contributed by atoms with Gasteiger partial charge in [0.25, 0.3) is 0 Å². The molecule has 0 bridgehead atoms. The fraction of sp³-hybridized carbons (Fsp3) is 0.294. The molecule has 0 atom stereocenters. The summed E-state index contributed by atoms with van der Waals surface area (Å²) in [6.45, 7) is 0.413. The number of hydrogen-bond donors (Lipinski definition) is 0. The van der Waals surface area contributed by atoms with Crippen LogP contribution in [0.15, 0.2) is 48.7 Å². The third-order valence-corrected chi connectivity index (χ3v) is 3.14. The number of nitrogens with zero attached hydrogens (tertiary/aromatic N) is 1. The molecule has 0 aliphatic rings. The number of para-hydroxylation sites is 1. The topological polar surface area (TPSA) is 39.2 Å². The van der Waals surface area contributed by atoms with Gasteiger partial charge < -0.3 is 4.74 Å². The first-order valence-electron chi connectivity index (χ1n) is 7.17. The summed E-state index contributed by atoms with van der Waals surface area (Å²) in [4.78, 5) is 15.5. The van der Waals surface area contributed by atoms with E-state index < -0.39 is 11.7 Å². The highest BCUT2D eigenvalue weighted by Gasteiger charge is 2.30. The number of carbonyl (C=O) groups excluding carboxylic acids is 1. The molecule has 0 radical (unpaired) electrons. The van der Waals surface area contributed by atoms with Crippen LogP contribution in [0, 0.1) is 0 Å². The van der Waals surface area contributed by atoms with Gasteiger partial charge in [0.1, 0.15) is 11.5 Å². The van der Waals surface area contributed by atoms with Crippen molar-refractivity contribution in [3.63, 3.8) is 0 Å². The van der Waals surface area contributed by atoms with Gasteiger partial charge in [0.2, 0.25) is 0 Å². The SMILES string of the molecule is O=C(CCCOc1ccccc1)Cc1ccc(C(F)(F)F)cn1. The lowest BCUT2D eigenvalue weighted by molar-refractivity contribution is -0.137. The Hall–Kier alpha value is -2.37. The van der Waals surface area contributed by atoms with Crippen LogP contribution in [0.3, 0.4) is 0 Å². The molecular weight excluding hydrogens is 307 g/mol. The first-order valence-corrected chi connectivity index (χ1v) is 7.17. The lowest BCUT2D eigenvalue weighted by Gasteiger charge is -2.07. The molecule has 0 unspecified atom stereocenters. The van der Waals surface area contributed by atoms with Crippen LogP contribution < -0.4 is 4.74 Å². The smallest absolute Gasteiger partial charge is 0.417 e. The number of halogens is 3. The van der Waals surface area contributed by atoms with E-state index in [0.29, 0.717) is 25.1 Å². The van der Waals surface area contributed by atoms with Crippen molar-refractivity contribution in [3.8, 4) is 5.75 Å². The maximum Gasteiger partial charge on any atom is 0.417 e. The normalized spacial score (nSPS) is 11.3. The Bertz CT molecular complexity index is 625. The zero-order valence-electron chi connectivity index (χ0n) is 12.3. The van der Waals surface area contributed by atoms with Gasteiger partial charge in [0.05, 0.1) is 12.2 Å². The number of alkyl halides is 3. The second-order valence-corrected chi connectivity index (χ2v) is 5.02. The summed E-state index contributed by atoms with van der Waals surface area (Å²) >= 11 is 0. The highest BCUT2D eigenvalue weighted by atomic mass is 19.4. The van der Waals surface area contributed by atoms with Crippen LogP contribution in [0.25, 0.3) is 0 Å². The van der Waals surface area contributed by atoms with Crippen molar-refractivity contribution in [2.75, 3.05) is 6.61 Å². The predicted octanol–water partition coefficient (Wildman–Crippen LogP) is 4.07. The minimum Gasteiger partial charge on any atom is -0.494 e. The highest BCUT2D eigenvalue weighted by molar-refractivity contribution is 5.80. The molecule has 23 heavy (non-hydrogen) atoms. The number of hydrogen-bond acceptors (Lipinski definition) is 3. The summed E-state index contributed by atoms with van der Waals surface area (Å²) in [7, 11) is 0. The summed E-state index contributed by atoms with van der Waals surface area (Å²) in [5.41, 5.74) is -0.475. The number of pyridine rings is 1. The van der Waals surface area contributed by atoms with Crippen LogP contribution in [-0.4, -0.2) is 17.4 Å². The lowest BCUT2D eigenvalue weighted by Crippen LogP contribution is -2.09. The Morgan fingerprint density at radius 3 is 2.43 bits per heavy atom. The van der Waals surface area contributed by atoms with Crippen molar-refractivity contribution < 1.29 is 22.7 Å². The standard InChI is InChI=1S/C17H16F3NO2/c18-17(19,20)13-8-9-14(21-12-13)11-15(22)5-4-10-23-16-6-2-1-3-7-16/h1-3,6-9,12H,4-5,10-11H2. The number of ketones is 1. The summed E-state index contributed by atoms with van der Waals surface area (Å²) < 4.78 is 42.7. The largest absolute Gasteiger partial charge is 0.494 e. The van der Waals surface area contributed by atoms with Crippen molar-refractivity contribution in [3.05, 3.63) is 59.9 Å². The van der Waals surface area contributed by atoms with Crippen molar-refractivity contribution >= 4 is 5.78 Å². The average Bonchev–Trinajstić information content (AvgIpc) is 2.52. The Labute approximate surface area is 132 Å². The molecule has 0 amide bonds. The van der Waals surface area contributed by atoms with E-state index in [1.807, 2.05) is 30.3 Å². The van der Waals surface area contributed by atoms with Crippen LogP contribution in [0.2, 0.25) is 0 Å². The Balaban J connectivity index is 1.72. The van der Waals surface area contributed by atoms with Crippen LogP contribution in [0.5, 0.6) is 5.75 Å². The summed E-state index contributed by atoms with van der Waals surface area (Å²) in [5, 5.41) is 0. The molecule has 1 heterocycles. The van der Waals surface area contributed by atoms with Gasteiger partial charge in [-0.2, -0.15) is 13.2 Å². The van der Waals surface area contributed by atoms with Crippen molar-refractivity contribution in [2.45, 2.75) is 25.4 Å². The minimum atomic E-state index is -4.41. The molecule has 0 N–H and O–H groups in total. The van der Waals surface area contributed by atoms with Gasteiger partial charge in [-0.3, -0.25) is 9.78 Å². The van der Waals surface area contributed by atoms with Gasteiger partial charge in [-0.1, -0.05) is 18.2 Å². The molecule has 2 rings (SSSR count). The molecule has 0 aliphatic carbocycles. The number of ether oxygens (including phenoxy) is 1. The second kappa shape index (κ2) is 7.76. The maximum absolute atomic E-state index is 12.4. The van der Waals surface area contributed by atoms with Gasteiger partial charge in [-0.05, 0) is 30.7 Å². The highest BCUT2D eigenvalue weighted by Crippen LogP contribution is 2.28. The van der Waals surface area contributed by atoms with Gasteiger partial charge in [-0.15, -0.1) is 0 Å². The zero-order chi connectivity index (χ0) is 16.7. The summed E-state index contributed by atoms with van der Waals surface area (Å²) in [5.74, 6) is 0.665. The lowest BCUT2D eigenvalue weighted by atomic mass is 10.1. The number of aromatic nitrogens is 1. The third kappa shape index (κ3) is 5.73. The summed E-state index contributed by atoms with van der Waals surface area (Å²) in [6.07, 6.45) is -2.78. The van der Waals surface area contributed by atoms with E-state index in [-0.39, 0.29) is 12.2 Å². The molecule has 1 aromatic carbocycles. The van der Waals surface area contributed by atoms with Gasteiger partial charge in [0.15, 0.2) is 0 Å². The Morgan fingerprint density at radius 1 is 1.09 bits per heavy atom. The minimum absolute atomic E-state index is 0.0312. The molecule has 2 aromatic rings. The van der Waals surface area contributed by atoms with Crippen molar-refractivity contribution in [2.24, 2.45) is 0 Å². The molecule has 0 spiro atoms. The molecule has 6 heteroatoms. The fourth-order valence-corrected chi connectivity index (χ4v) is 1.96. The molecule has 0 aliphatic heterocycles. The Morgan fingerprint density at radius 2 is 1.83 bits per heavy atom. The number of Topliss-reactive ketones (excluding diaryl/α,β-unsaturated/α-hetero) is 1. The van der Waals surface area contributed by atoms with E-state index in [9.17, 15) is 18.0 Å². The molecule has 1 aromatic heterocycles. The van der Waals surface area contributed by atoms with Gasteiger partial charge in [-0.25, -0.2) is 0 Å². The van der Waals surface area contributed by atoms with Crippen molar-refractivity contribution in [1.29, 1.82) is 0 Å².